The lowest BCUT2D eigenvalue weighted by Crippen LogP contribution is -2.17. The van der Waals surface area contributed by atoms with Gasteiger partial charge in [-0.2, -0.15) is 0 Å². The Morgan fingerprint density at radius 3 is 2.55 bits per heavy atom. The molecule has 0 bridgehead atoms. The van der Waals surface area contributed by atoms with Crippen molar-refractivity contribution in [2.24, 2.45) is 0 Å². The third-order valence-corrected chi connectivity index (χ3v) is 4.70. The molecule has 0 saturated carbocycles. The summed E-state index contributed by atoms with van der Waals surface area (Å²) >= 11 is 0. The number of benzene rings is 2. The van der Waals surface area contributed by atoms with Crippen LogP contribution in [-0.4, -0.2) is 15.3 Å². The van der Waals surface area contributed by atoms with Crippen molar-refractivity contribution in [3.63, 3.8) is 0 Å². The van der Waals surface area contributed by atoms with E-state index in [0.717, 1.165) is 16.9 Å². The van der Waals surface area contributed by atoms with Crippen molar-refractivity contribution in [2.75, 3.05) is 10.6 Å². The predicted molar refractivity (Wildman–Crippen MR) is 114 cm³/mol. The van der Waals surface area contributed by atoms with Crippen LogP contribution in [0.3, 0.4) is 0 Å². The van der Waals surface area contributed by atoms with Crippen LogP contribution >= 0.6 is 0 Å². The number of pyridine rings is 1. The van der Waals surface area contributed by atoms with Crippen molar-refractivity contribution in [1.29, 1.82) is 0 Å². The molecule has 0 unspecified atom stereocenters. The number of hydrogen-bond donors (Lipinski definition) is 2. The van der Waals surface area contributed by atoms with E-state index in [1.807, 2.05) is 49.4 Å². The first-order valence-electron chi connectivity index (χ1n) is 9.29. The summed E-state index contributed by atoms with van der Waals surface area (Å²) in [4.78, 5) is 29.2. The highest BCUT2D eigenvalue weighted by molar-refractivity contribution is 6.04. The Kier molecular flexibility index (Phi) is 5.07. The molecule has 29 heavy (non-hydrogen) atoms. The summed E-state index contributed by atoms with van der Waals surface area (Å²) in [6, 6.07) is 21.7. The lowest BCUT2D eigenvalue weighted by atomic mass is 10.1. The molecule has 0 aliphatic heterocycles. The van der Waals surface area contributed by atoms with E-state index in [2.05, 4.69) is 15.6 Å². The maximum absolute atomic E-state index is 12.4. The maximum Gasteiger partial charge on any atom is 0.258 e. The Labute approximate surface area is 167 Å². The standard InChI is InChI=1S/C23H20N4O2/c1-16-19(10-7-11-20(16)26-23(29)17-8-3-2-4-9-17)24-15-18-14-22(28)27-13-6-5-12-21(27)25-18/h2-14,24H,15H2,1H3,(H,26,29). The van der Waals surface area contributed by atoms with Gasteiger partial charge in [0.25, 0.3) is 11.5 Å². The van der Waals surface area contributed by atoms with Gasteiger partial charge in [-0.25, -0.2) is 4.98 Å². The van der Waals surface area contributed by atoms with E-state index < -0.39 is 0 Å². The van der Waals surface area contributed by atoms with E-state index in [9.17, 15) is 9.59 Å². The summed E-state index contributed by atoms with van der Waals surface area (Å²) in [6.45, 7) is 2.34. The minimum Gasteiger partial charge on any atom is -0.379 e. The first-order chi connectivity index (χ1) is 14.1. The van der Waals surface area contributed by atoms with Gasteiger partial charge in [0, 0.05) is 29.2 Å². The Balaban J connectivity index is 1.52. The van der Waals surface area contributed by atoms with E-state index in [4.69, 9.17) is 0 Å². The monoisotopic (exact) mass is 384 g/mol. The van der Waals surface area contributed by atoms with Crippen LogP contribution in [0.4, 0.5) is 11.4 Å². The van der Waals surface area contributed by atoms with E-state index in [-0.39, 0.29) is 11.5 Å². The molecule has 0 radical (unpaired) electrons. The number of carbonyl (C=O) groups excluding carboxylic acids is 1. The number of fused-ring (bicyclic) bond motifs is 1. The molecule has 0 spiro atoms. The predicted octanol–water partition coefficient (Wildman–Crippen LogP) is 3.87. The minimum atomic E-state index is -0.157. The first-order valence-corrected chi connectivity index (χ1v) is 9.29. The second kappa shape index (κ2) is 7.98. The fraction of sp³-hybridized carbons (Fsp3) is 0.0870. The molecule has 0 aliphatic rings. The van der Waals surface area contributed by atoms with Crippen LogP contribution in [0.15, 0.2) is 83.8 Å². The van der Waals surface area contributed by atoms with Crippen molar-refractivity contribution >= 4 is 22.9 Å². The summed E-state index contributed by atoms with van der Waals surface area (Å²) in [6.07, 6.45) is 1.70. The van der Waals surface area contributed by atoms with Gasteiger partial charge in [-0.3, -0.25) is 14.0 Å². The van der Waals surface area contributed by atoms with Gasteiger partial charge in [-0.15, -0.1) is 0 Å². The second-order valence-corrected chi connectivity index (χ2v) is 6.67. The van der Waals surface area contributed by atoms with Crippen LogP contribution in [0.1, 0.15) is 21.6 Å². The van der Waals surface area contributed by atoms with E-state index >= 15 is 0 Å². The van der Waals surface area contributed by atoms with Crippen molar-refractivity contribution in [3.8, 4) is 0 Å². The number of nitrogens with one attached hydrogen (secondary N) is 2. The molecule has 2 N–H and O–H groups in total. The maximum atomic E-state index is 12.4. The van der Waals surface area contributed by atoms with E-state index in [1.54, 1.807) is 30.5 Å². The Morgan fingerprint density at radius 2 is 1.72 bits per heavy atom. The molecule has 2 heterocycles. The normalized spacial score (nSPS) is 10.7. The van der Waals surface area contributed by atoms with Gasteiger partial charge >= 0.3 is 0 Å². The zero-order valence-electron chi connectivity index (χ0n) is 15.9. The fourth-order valence-electron chi connectivity index (χ4n) is 3.13. The van der Waals surface area contributed by atoms with Gasteiger partial charge in [0.05, 0.1) is 12.2 Å². The highest BCUT2D eigenvalue weighted by atomic mass is 16.1. The number of carbonyl (C=O) groups is 1. The number of anilines is 2. The fourth-order valence-corrected chi connectivity index (χ4v) is 3.13. The summed E-state index contributed by atoms with van der Waals surface area (Å²) < 4.78 is 1.51. The summed E-state index contributed by atoms with van der Waals surface area (Å²) in [7, 11) is 0. The van der Waals surface area contributed by atoms with Crippen LogP contribution in [0, 0.1) is 6.92 Å². The third kappa shape index (κ3) is 4.01. The summed E-state index contributed by atoms with van der Waals surface area (Å²) in [5.74, 6) is -0.157. The van der Waals surface area contributed by atoms with E-state index in [0.29, 0.717) is 23.4 Å². The minimum absolute atomic E-state index is 0.118. The van der Waals surface area contributed by atoms with Gasteiger partial charge in [0.1, 0.15) is 5.65 Å². The molecule has 0 atom stereocenters. The van der Waals surface area contributed by atoms with Crippen LogP contribution in [0.25, 0.3) is 5.65 Å². The van der Waals surface area contributed by atoms with Gasteiger partial charge < -0.3 is 10.6 Å². The smallest absolute Gasteiger partial charge is 0.258 e. The quantitative estimate of drug-likeness (QED) is 0.548. The van der Waals surface area contributed by atoms with Crippen LogP contribution in [-0.2, 0) is 6.54 Å². The lowest BCUT2D eigenvalue weighted by molar-refractivity contribution is 0.102. The summed E-state index contributed by atoms with van der Waals surface area (Å²) in [5.41, 5.74) is 4.26. The topological polar surface area (TPSA) is 75.5 Å². The average Bonchev–Trinajstić information content (AvgIpc) is 2.75. The average molecular weight is 384 g/mol. The van der Waals surface area contributed by atoms with E-state index in [1.165, 1.54) is 10.5 Å². The molecule has 6 heteroatoms. The van der Waals surface area contributed by atoms with Crippen molar-refractivity contribution in [2.45, 2.75) is 13.5 Å². The number of hydrogen-bond acceptors (Lipinski definition) is 4. The van der Waals surface area contributed by atoms with Crippen LogP contribution in [0.5, 0.6) is 0 Å². The molecule has 144 valence electrons. The molecule has 0 fully saturated rings. The Hall–Kier alpha value is -3.93. The molecule has 4 aromatic rings. The molecular formula is C23H20N4O2. The molecular weight excluding hydrogens is 364 g/mol. The molecule has 4 rings (SSSR count). The Bertz CT molecular complexity index is 1230. The Morgan fingerprint density at radius 1 is 0.966 bits per heavy atom. The zero-order chi connectivity index (χ0) is 20.2. The largest absolute Gasteiger partial charge is 0.379 e. The SMILES string of the molecule is Cc1c(NCc2cc(=O)n3ccccc3n2)cccc1NC(=O)c1ccccc1. The van der Waals surface area contributed by atoms with Crippen LogP contribution < -0.4 is 16.2 Å². The number of rotatable bonds is 5. The molecule has 6 nitrogen and oxygen atoms in total. The molecule has 1 amide bonds. The van der Waals surface area contributed by atoms with Gasteiger partial charge in [-0.05, 0) is 48.9 Å². The molecule has 0 aliphatic carbocycles. The number of nitrogens with zero attached hydrogens (tertiary/aromatic N) is 2. The third-order valence-electron chi connectivity index (χ3n) is 4.70. The van der Waals surface area contributed by atoms with Gasteiger partial charge in [0.15, 0.2) is 0 Å². The molecule has 2 aromatic carbocycles. The second-order valence-electron chi connectivity index (χ2n) is 6.67. The van der Waals surface area contributed by atoms with Crippen molar-refractivity contribution in [1.82, 2.24) is 9.38 Å². The highest BCUT2D eigenvalue weighted by Gasteiger charge is 2.10. The molecule has 2 aromatic heterocycles. The van der Waals surface area contributed by atoms with Gasteiger partial charge in [-0.1, -0.05) is 30.3 Å². The van der Waals surface area contributed by atoms with Gasteiger partial charge in [0.2, 0.25) is 0 Å². The summed E-state index contributed by atoms with van der Waals surface area (Å²) in [5, 5.41) is 6.26. The molecule has 0 saturated heterocycles. The number of aromatic nitrogens is 2. The first kappa shape index (κ1) is 18.4. The van der Waals surface area contributed by atoms with Crippen molar-refractivity contribution in [3.05, 3.63) is 106 Å². The lowest BCUT2D eigenvalue weighted by Gasteiger charge is -2.14. The number of amides is 1. The highest BCUT2D eigenvalue weighted by Crippen LogP contribution is 2.24. The van der Waals surface area contributed by atoms with Crippen molar-refractivity contribution < 1.29 is 4.79 Å². The zero-order valence-corrected chi connectivity index (χ0v) is 15.9. The van der Waals surface area contributed by atoms with Crippen LogP contribution in [0.2, 0.25) is 0 Å².